The Labute approximate surface area is 117 Å². The van der Waals surface area contributed by atoms with Gasteiger partial charge in [0.2, 0.25) is 0 Å². The smallest absolute Gasteiger partial charge is 0.124 e. The number of hydrogen-bond donors (Lipinski definition) is 1. The molecule has 0 spiro atoms. The Morgan fingerprint density at radius 1 is 1.32 bits per heavy atom. The molecule has 19 heavy (non-hydrogen) atoms. The summed E-state index contributed by atoms with van der Waals surface area (Å²) in [5, 5.41) is 3.43. The fourth-order valence-electron chi connectivity index (χ4n) is 1.84. The van der Waals surface area contributed by atoms with Crippen molar-refractivity contribution in [2.24, 2.45) is 0 Å². The Hall–Kier alpha value is -1.39. The third-order valence-corrected chi connectivity index (χ3v) is 3.84. The van der Waals surface area contributed by atoms with Crippen LogP contribution in [0.2, 0.25) is 0 Å². The molecule has 0 saturated heterocycles. The first kappa shape index (κ1) is 14.0. The first-order valence-electron chi connectivity index (χ1n) is 6.31. The Morgan fingerprint density at radius 3 is 2.89 bits per heavy atom. The van der Waals surface area contributed by atoms with Crippen LogP contribution in [0, 0.1) is 5.82 Å². The summed E-state index contributed by atoms with van der Waals surface area (Å²) in [5.74, 6) is 0.662. The number of pyridine rings is 1. The molecule has 0 radical (unpaired) electrons. The highest BCUT2D eigenvalue weighted by molar-refractivity contribution is 7.99. The minimum atomic E-state index is -0.189. The van der Waals surface area contributed by atoms with Crippen LogP contribution in [0.15, 0.2) is 53.7 Å². The van der Waals surface area contributed by atoms with Crippen molar-refractivity contribution >= 4 is 11.8 Å². The molecule has 100 valence electrons. The quantitative estimate of drug-likeness (QED) is 0.815. The zero-order valence-electron chi connectivity index (χ0n) is 10.8. The summed E-state index contributed by atoms with van der Waals surface area (Å²) in [5.41, 5.74) is 1.16. The van der Waals surface area contributed by atoms with Gasteiger partial charge in [-0.1, -0.05) is 19.1 Å². The minimum Gasteiger partial charge on any atom is -0.309 e. The minimum absolute atomic E-state index is 0.189. The summed E-state index contributed by atoms with van der Waals surface area (Å²) in [6.07, 6.45) is 3.64. The molecular weight excluding hydrogens is 259 g/mol. The molecule has 1 heterocycles. The second kappa shape index (κ2) is 7.26. The normalized spacial score (nSPS) is 12.3. The van der Waals surface area contributed by atoms with Crippen molar-refractivity contribution in [3.8, 4) is 0 Å². The summed E-state index contributed by atoms with van der Waals surface area (Å²) in [6, 6.07) is 10.9. The van der Waals surface area contributed by atoms with E-state index in [1.807, 2.05) is 18.3 Å². The molecule has 2 rings (SSSR count). The van der Waals surface area contributed by atoms with Crippen LogP contribution in [0.4, 0.5) is 4.39 Å². The first-order chi connectivity index (χ1) is 9.29. The Kier molecular flexibility index (Phi) is 5.36. The highest BCUT2D eigenvalue weighted by Gasteiger charge is 2.10. The van der Waals surface area contributed by atoms with Gasteiger partial charge in [0.15, 0.2) is 0 Å². The van der Waals surface area contributed by atoms with Gasteiger partial charge in [0.25, 0.3) is 0 Å². The van der Waals surface area contributed by atoms with Crippen molar-refractivity contribution in [1.82, 2.24) is 10.3 Å². The molecule has 0 amide bonds. The summed E-state index contributed by atoms with van der Waals surface area (Å²) in [6.45, 7) is 2.97. The molecule has 0 fully saturated rings. The van der Waals surface area contributed by atoms with Gasteiger partial charge < -0.3 is 5.32 Å². The number of nitrogens with one attached hydrogen (secondary N) is 1. The van der Waals surface area contributed by atoms with Crippen LogP contribution in [-0.2, 0) is 0 Å². The van der Waals surface area contributed by atoms with Crippen molar-refractivity contribution in [3.63, 3.8) is 0 Å². The van der Waals surface area contributed by atoms with E-state index in [2.05, 4.69) is 23.3 Å². The molecule has 1 N–H and O–H groups in total. The van der Waals surface area contributed by atoms with Gasteiger partial charge in [-0.2, -0.15) is 0 Å². The highest BCUT2D eigenvalue weighted by atomic mass is 32.2. The van der Waals surface area contributed by atoms with E-state index in [-0.39, 0.29) is 11.9 Å². The first-order valence-corrected chi connectivity index (χ1v) is 7.30. The van der Waals surface area contributed by atoms with Gasteiger partial charge in [-0.15, -0.1) is 11.8 Å². The largest absolute Gasteiger partial charge is 0.309 e. The maximum Gasteiger partial charge on any atom is 0.124 e. The van der Waals surface area contributed by atoms with Crippen LogP contribution in [0.1, 0.15) is 18.5 Å². The standard InChI is InChI=1S/C15H17FN2S/c1-2-18-15(12-5-4-8-17-10-12)11-19-14-7-3-6-13(16)9-14/h3-10,15,18H,2,11H2,1H3. The molecule has 1 aromatic carbocycles. The Bertz CT molecular complexity index is 505. The Balaban J connectivity index is 2.01. The molecule has 0 aliphatic heterocycles. The van der Waals surface area contributed by atoms with Crippen molar-refractivity contribution in [3.05, 3.63) is 60.2 Å². The van der Waals surface area contributed by atoms with Crippen LogP contribution in [0.3, 0.4) is 0 Å². The summed E-state index contributed by atoms with van der Waals surface area (Å²) in [4.78, 5) is 5.10. The lowest BCUT2D eigenvalue weighted by molar-refractivity contribution is 0.603. The average Bonchev–Trinajstić information content (AvgIpc) is 2.44. The van der Waals surface area contributed by atoms with Crippen molar-refractivity contribution in [2.45, 2.75) is 17.9 Å². The van der Waals surface area contributed by atoms with Crippen LogP contribution >= 0.6 is 11.8 Å². The van der Waals surface area contributed by atoms with E-state index >= 15 is 0 Å². The Morgan fingerprint density at radius 2 is 2.21 bits per heavy atom. The molecule has 1 atom stereocenters. The average molecular weight is 276 g/mol. The third-order valence-electron chi connectivity index (χ3n) is 2.75. The van der Waals surface area contributed by atoms with Gasteiger partial charge in [-0.25, -0.2) is 4.39 Å². The predicted octanol–water partition coefficient (Wildman–Crippen LogP) is 3.66. The van der Waals surface area contributed by atoms with Crippen LogP contribution < -0.4 is 5.32 Å². The van der Waals surface area contributed by atoms with E-state index in [0.717, 1.165) is 22.8 Å². The van der Waals surface area contributed by atoms with Gasteiger partial charge in [0, 0.05) is 29.1 Å². The maximum absolute atomic E-state index is 13.1. The SMILES string of the molecule is CCNC(CSc1cccc(F)c1)c1cccnc1. The number of thioether (sulfide) groups is 1. The van der Waals surface area contributed by atoms with Gasteiger partial charge in [-0.3, -0.25) is 4.98 Å². The lowest BCUT2D eigenvalue weighted by Gasteiger charge is -2.17. The highest BCUT2D eigenvalue weighted by Crippen LogP contribution is 2.24. The lowest BCUT2D eigenvalue weighted by Crippen LogP contribution is -2.23. The van der Waals surface area contributed by atoms with Crippen molar-refractivity contribution in [1.29, 1.82) is 0 Å². The van der Waals surface area contributed by atoms with Gasteiger partial charge in [0.1, 0.15) is 5.82 Å². The van der Waals surface area contributed by atoms with Crippen LogP contribution in [0.5, 0.6) is 0 Å². The van der Waals surface area contributed by atoms with Crippen molar-refractivity contribution < 1.29 is 4.39 Å². The second-order valence-corrected chi connectivity index (χ2v) is 5.26. The van der Waals surface area contributed by atoms with E-state index in [0.29, 0.717) is 0 Å². The fourth-order valence-corrected chi connectivity index (χ4v) is 2.88. The van der Waals surface area contributed by atoms with Gasteiger partial charge >= 0.3 is 0 Å². The van der Waals surface area contributed by atoms with Crippen LogP contribution in [-0.4, -0.2) is 17.3 Å². The van der Waals surface area contributed by atoms with E-state index in [1.54, 1.807) is 30.1 Å². The number of benzene rings is 1. The molecule has 0 aliphatic carbocycles. The molecule has 2 aromatic rings. The predicted molar refractivity (Wildman–Crippen MR) is 77.8 cm³/mol. The van der Waals surface area contributed by atoms with Gasteiger partial charge in [0.05, 0.1) is 0 Å². The van der Waals surface area contributed by atoms with E-state index in [1.165, 1.54) is 6.07 Å². The molecule has 0 bridgehead atoms. The number of nitrogens with zero attached hydrogens (tertiary/aromatic N) is 1. The lowest BCUT2D eigenvalue weighted by atomic mass is 10.1. The van der Waals surface area contributed by atoms with Crippen LogP contribution in [0.25, 0.3) is 0 Å². The molecule has 2 nitrogen and oxygen atoms in total. The monoisotopic (exact) mass is 276 g/mol. The molecule has 1 aromatic heterocycles. The van der Waals surface area contributed by atoms with E-state index in [9.17, 15) is 4.39 Å². The molecular formula is C15H17FN2S. The summed E-state index contributed by atoms with van der Waals surface area (Å²) in [7, 11) is 0. The van der Waals surface area contributed by atoms with Gasteiger partial charge in [-0.05, 0) is 36.4 Å². The molecule has 4 heteroatoms. The second-order valence-electron chi connectivity index (χ2n) is 4.17. The maximum atomic E-state index is 13.1. The van der Waals surface area contributed by atoms with Crippen molar-refractivity contribution in [2.75, 3.05) is 12.3 Å². The molecule has 1 unspecified atom stereocenters. The summed E-state index contributed by atoms with van der Waals surface area (Å²) >= 11 is 1.65. The molecule has 0 saturated carbocycles. The zero-order valence-corrected chi connectivity index (χ0v) is 11.7. The fraction of sp³-hybridized carbons (Fsp3) is 0.267. The number of rotatable bonds is 6. The number of hydrogen-bond acceptors (Lipinski definition) is 3. The van der Waals surface area contributed by atoms with E-state index in [4.69, 9.17) is 0 Å². The van der Waals surface area contributed by atoms with E-state index < -0.39 is 0 Å². The zero-order chi connectivity index (χ0) is 13.5. The topological polar surface area (TPSA) is 24.9 Å². The number of aromatic nitrogens is 1. The summed E-state index contributed by atoms with van der Waals surface area (Å²) < 4.78 is 13.1. The third kappa shape index (κ3) is 4.33. The molecule has 0 aliphatic rings. The number of halogens is 1.